The van der Waals surface area contributed by atoms with E-state index in [1.165, 1.54) is 22.1 Å². The van der Waals surface area contributed by atoms with Crippen LogP contribution in [-0.2, 0) is 0 Å². The summed E-state index contributed by atoms with van der Waals surface area (Å²) in [5.74, 6) is 0. The van der Waals surface area contributed by atoms with Gasteiger partial charge in [0.25, 0.3) is 0 Å². The van der Waals surface area contributed by atoms with Crippen LogP contribution in [0.15, 0.2) is 60.8 Å². The van der Waals surface area contributed by atoms with Crippen molar-refractivity contribution in [2.45, 2.75) is 6.92 Å². The number of aryl methyl sites for hydroxylation is 1. The van der Waals surface area contributed by atoms with Crippen LogP contribution in [0.4, 0.5) is 0 Å². The van der Waals surface area contributed by atoms with E-state index in [1.807, 2.05) is 18.3 Å². The van der Waals surface area contributed by atoms with E-state index in [9.17, 15) is 0 Å². The van der Waals surface area contributed by atoms with E-state index in [0.717, 1.165) is 5.52 Å². The van der Waals surface area contributed by atoms with Crippen LogP contribution in [0, 0.1) is 6.92 Å². The average molecular weight is 219 g/mol. The van der Waals surface area contributed by atoms with Gasteiger partial charge in [-0.05, 0) is 35.7 Å². The van der Waals surface area contributed by atoms with Gasteiger partial charge in [0.15, 0.2) is 0 Å². The first-order valence-corrected chi connectivity index (χ1v) is 5.75. The zero-order valence-corrected chi connectivity index (χ0v) is 9.72. The Morgan fingerprint density at radius 1 is 0.824 bits per heavy atom. The minimum Gasteiger partial charge on any atom is -0.256 e. The fourth-order valence-corrected chi connectivity index (χ4v) is 2.10. The number of benzene rings is 2. The zero-order chi connectivity index (χ0) is 11.7. The van der Waals surface area contributed by atoms with Crippen molar-refractivity contribution in [3.05, 3.63) is 66.4 Å². The molecule has 3 aromatic rings. The van der Waals surface area contributed by atoms with Gasteiger partial charge in [0.05, 0.1) is 5.52 Å². The summed E-state index contributed by atoms with van der Waals surface area (Å²) in [6, 6.07) is 18.9. The fraction of sp³-hybridized carbons (Fsp3) is 0.0625. The predicted molar refractivity (Wildman–Crippen MR) is 71.9 cm³/mol. The van der Waals surface area contributed by atoms with E-state index in [2.05, 4.69) is 54.4 Å². The lowest BCUT2D eigenvalue weighted by Gasteiger charge is -2.05. The standard InChI is InChI=1S/C16H13N/c1-12-9-10-17-16-11-14(7-8-15(12)16)13-5-3-2-4-6-13/h2-11H,1H3. The normalized spacial score (nSPS) is 10.6. The molecular formula is C16H13N. The summed E-state index contributed by atoms with van der Waals surface area (Å²) in [6.07, 6.45) is 1.87. The molecule has 3 rings (SSSR count). The van der Waals surface area contributed by atoms with Crippen LogP contribution in [0.25, 0.3) is 22.0 Å². The highest BCUT2D eigenvalue weighted by atomic mass is 14.6. The van der Waals surface area contributed by atoms with E-state index >= 15 is 0 Å². The van der Waals surface area contributed by atoms with Gasteiger partial charge in [-0.25, -0.2) is 0 Å². The summed E-state index contributed by atoms with van der Waals surface area (Å²) in [5.41, 5.74) is 4.79. The molecular weight excluding hydrogens is 206 g/mol. The van der Waals surface area contributed by atoms with E-state index in [-0.39, 0.29) is 0 Å². The number of hydrogen-bond donors (Lipinski definition) is 0. The van der Waals surface area contributed by atoms with Crippen molar-refractivity contribution in [3.8, 4) is 11.1 Å². The molecule has 1 nitrogen and oxygen atoms in total. The molecule has 0 aliphatic carbocycles. The van der Waals surface area contributed by atoms with Gasteiger partial charge >= 0.3 is 0 Å². The van der Waals surface area contributed by atoms with Gasteiger partial charge in [-0.3, -0.25) is 4.98 Å². The molecule has 0 N–H and O–H groups in total. The van der Waals surface area contributed by atoms with Crippen LogP contribution >= 0.6 is 0 Å². The molecule has 0 amide bonds. The fourth-order valence-electron chi connectivity index (χ4n) is 2.10. The summed E-state index contributed by atoms with van der Waals surface area (Å²) in [6.45, 7) is 2.12. The minimum atomic E-state index is 1.06. The van der Waals surface area contributed by atoms with Crippen LogP contribution in [0.2, 0.25) is 0 Å². The molecule has 0 radical (unpaired) electrons. The molecule has 0 spiro atoms. The average Bonchev–Trinajstić information content (AvgIpc) is 2.40. The zero-order valence-electron chi connectivity index (χ0n) is 9.72. The van der Waals surface area contributed by atoms with Crippen LogP contribution in [0.5, 0.6) is 0 Å². The van der Waals surface area contributed by atoms with Gasteiger partial charge in [-0.2, -0.15) is 0 Å². The summed E-state index contributed by atoms with van der Waals surface area (Å²) in [7, 11) is 0. The molecule has 0 fully saturated rings. The maximum Gasteiger partial charge on any atom is 0.0710 e. The number of pyridine rings is 1. The topological polar surface area (TPSA) is 12.9 Å². The van der Waals surface area contributed by atoms with Gasteiger partial charge in [0.1, 0.15) is 0 Å². The first-order valence-electron chi connectivity index (χ1n) is 5.75. The molecule has 0 saturated heterocycles. The molecule has 0 aliphatic heterocycles. The van der Waals surface area contributed by atoms with Crippen LogP contribution in [0.3, 0.4) is 0 Å². The summed E-state index contributed by atoms with van der Waals surface area (Å²) in [4.78, 5) is 4.43. The van der Waals surface area contributed by atoms with Crippen molar-refractivity contribution < 1.29 is 0 Å². The lowest BCUT2D eigenvalue weighted by atomic mass is 10.0. The molecule has 0 bridgehead atoms. The van der Waals surface area contributed by atoms with Gasteiger partial charge < -0.3 is 0 Å². The highest BCUT2D eigenvalue weighted by Gasteiger charge is 2.01. The Bertz CT molecular complexity index is 657. The summed E-state index contributed by atoms with van der Waals surface area (Å²) < 4.78 is 0. The second kappa shape index (κ2) is 4.02. The second-order valence-electron chi connectivity index (χ2n) is 4.23. The van der Waals surface area contributed by atoms with Gasteiger partial charge in [-0.1, -0.05) is 42.5 Å². The molecule has 2 aromatic carbocycles. The van der Waals surface area contributed by atoms with E-state index in [1.54, 1.807) is 0 Å². The smallest absolute Gasteiger partial charge is 0.0710 e. The van der Waals surface area contributed by atoms with Crippen molar-refractivity contribution in [3.63, 3.8) is 0 Å². The molecule has 82 valence electrons. The third-order valence-electron chi connectivity index (χ3n) is 3.07. The van der Waals surface area contributed by atoms with Gasteiger partial charge in [-0.15, -0.1) is 0 Å². The molecule has 0 saturated carbocycles. The lowest BCUT2D eigenvalue weighted by Crippen LogP contribution is -1.84. The molecule has 17 heavy (non-hydrogen) atoms. The number of aromatic nitrogens is 1. The third kappa shape index (κ3) is 1.80. The lowest BCUT2D eigenvalue weighted by molar-refractivity contribution is 1.37. The van der Waals surface area contributed by atoms with E-state index in [4.69, 9.17) is 0 Å². The van der Waals surface area contributed by atoms with Crippen molar-refractivity contribution in [2.24, 2.45) is 0 Å². The van der Waals surface area contributed by atoms with Crippen molar-refractivity contribution in [1.82, 2.24) is 4.98 Å². The maximum atomic E-state index is 4.43. The molecule has 1 heterocycles. The molecule has 0 atom stereocenters. The monoisotopic (exact) mass is 219 g/mol. The summed E-state index contributed by atoms with van der Waals surface area (Å²) in [5, 5.41) is 1.23. The number of nitrogens with zero attached hydrogens (tertiary/aromatic N) is 1. The van der Waals surface area contributed by atoms with Crippen molar-refractivity contribution in [1.29, 1.82) is 0 Å². The number of fused-ring (bicyclic) bond motifs is 1. The highest BCUT2D eigenvalue weighted by Crippen LogP contribution is 2.24. The summed E-state index contributed by atoms with van der Waals surface area (Å²) >= 11 is 0. The second-order valence-corrected chi connectivity index (χ2v) is 4.23. The van der Waals surface area contributed by atoms with Crippen LogP contribution in [-0.4, -0.2) is 4.98 Å². The van der Waals surface area contributed by atoms with Crippen LogP contribution in [0.1, 0.15) is 5.56 Å². The Labute approximate surface area is 101 Å². The van der Waals surface area contributed by atoms with Crippen molar-refractivity contribution in [2.75, 3.05) is 0 Å². The molecule has 1 aromatic heterocycles. The Kier molecular flexibility index (Phi) is 2.37. The first kappa shape index (κ1) is 10.0. The Balaban J connectivity index is 2.21. The van der Waals surface area contributed by atoms with Gasteiger partial charge in [0.2, 0.25) is 0 Å². The van der Waals surface area contributed by atoms with Crippen LogP contribution < -0.4 is 0 Å². The molecule has 0 unspecified atom stereocenters. The Hall–Kier alpha value is -2.15. The molecule has 1 heteroatoms. The van der Waals surface area contributed by atoms with Gasteiger partial charge in [0, 0.05) is 11.6 Å². The van der Waals surface area contributed by atoms with E-state index in [0.29, 0.717) is 0 Å². The van der Waals surface area contributed by atoms with E-state index < -0.39 is 0 Å². The first-order chi connectivity index (χ1) is 8.34. The van der Waals surface area contributed by atoms with Crippen molar-refractivity contribution >= 4 is 10.9 Å². The highest BCUT2D eigenvalue weighted by molar-refractivity contribution is 5.86. The SMILES string of the molecule is Cc1ccnc2cc(-c3ccccc3)ccc12. The molecule has 0 aliphatic rings. The number of hydrogen-bond acceptors (Lipinski definition) is 1. The Morgan fingerprint density at radius 3 is 2.47 bits per heavy atom. The predicted octanol–water partition coefficient (Wildman–Crippen LogP) is 4.21. The quantitative estimate of drug-likeness (QED) is 0.597. The minimum absolute atomic E-state index is 1.06. The maximum absolute atomic E-state index is 4.43. The Morgan fingerprint density at radius 2 is 1.65 bits per heavy atom. The number of rotatable bonds is 1. The third-order valence-corrected chi connectivity index (χ3v) is 3.07. The largest absolute Gasteiger partial charge is 0.256 e.